The monoisotopic (exact) mass is 202 g/mol. The van der Waals surface area contributed by atoms with Crippen molar-refractivity contribution in [2.24, 2.45) is 4.99 Å². The second kappa shape index (κ2) is 3.62. The summed E-state index contributed by atoms with van der Waals surface area (Å²) < 4.78 is 10.3. The Balaban J connectivity index is 2.55. The quantitative estimate of drug-likeness (QED) is 0.730. The first kappa shape index (κ1) is 9.53. The van der Waals surface area contributed by atoms with Gasteiger partial charge in [-0.25, -0.2) is 0 Å². The van der Waals surface area contributed by atoms with Crippen LogP contribution in [0, 0.1) is 11.3 Å². The van der Waals surface area contributed by atoms with E-state index in [9.17, 15) is 0 Å². The smallest absolute Gasteiger partial charge is 0.161 e. The van der Waals surface area contributed by atoms with Gasteiger partial charge in [-0.2, -0.15) is 5.26 Å². The summed E-state index contributed by atoms with van der Waals surface area (Å²) in [6, 6.07) is 5.72. The molecule has 0 amide bonds. The van der Waals surface area contributed by atoms with Crippen LogP contribution in [-0.4, -0.2) is 19.9 Å². The van der Waals surface area contributed by atoms with Crippen LogP contribution in [0.5, 0.6) is 11.5 Å². The van der Waals surface area contributed by atoms with Crippen LogP contribution in [0.4, 0.5) is 0 Å². The van der Waals surface area contributed by atoms with Crippen molar-refractivity contribution in [2.45, 2.75) is 6.54 Å². The fourth-order valence-electron chi connectivity index (χ4n) is 1.62. The van der Waals surface area contributed by atoms with E-state index in [-0.39, 0.29) is 0 Å². The Bertz CT molecular complexity index is 472. The van der Waals surface area contributed by atoms with Crippen LogP contribution in [0.1, 0.15) is 11.1 Å². The van der Waals surface area contributed by atoms with E-state index in [4.69, 9.17) is 14.7 Å². The molecule has 1 aliphatic heterocycles. The SMILES string of the molecule is COc1cc2c(cc1OC)C(C#N)=NC2. The Morgan fingerprint density at radius 3 is 2.53 bits per heavy atom. The molecular formula is C11H10N2O2. The van der Waals surface area contributed by atoms with Gasteiger partial charge in [0.25, 0.3) is 0 Å². The highest BCUT2D eigenvalue weighted by Crippen LogP contribution is 2.33. The number of rotatable bonds is 2. The van der Waals surface area contributed by atoms with Gasteiger partial charge < -0.3 is 9.47 Å². The van der Waals surface area contributed by atoms with Crippen LogP contribution in [0.3, 0.4) is 0 Å². The number of methoxy groups -OCH3 is 2. The van der Waals surface area contributed by atoms with Crippen LogP contribution in [0.2, 0.25) is 0 Å². The molecule has 0 aliphatic carbocycles. The molecule has 76 valence electrons. The summed E-state index contributed by atoms with van der Waals surface area (Å²) in [5, 5.41) is 8.85. The van der Waals surface area contributed by atoms with Crippen molar-refractivity contribution in [3.63, 3.8) is 0 Å². The van der Waals surface area contributed by atoms with Crippen LogP contribution < -0.4 is 9.47 Å². The van der Waals surface area contributed by atoms with E-state index in [0.717, 1.165) is 11.1 Å². The fourth-order valence-corrected chi connectivity index (χ4v) is 1.62. The van der Waals surface area contributed by atoms with Gasteiger partial charge in [0.05, 0.1) is 20.8 Å². The Kier molecular flexibility index (Phi) is 2.30. The summed E-state index contributed by atoms with van der Waals surface area (Å²) >= 11 is 0. The Labute approximate surface area is 87.8 Å². The zero-order valence-electron chi connectivity index (χ0n) is 8.57. The summed E-state index contributed by atoms with van der Waals surface area (Å²) in [6.45, 7) is 0.540. The third-order valence-corrected chi connectivity index (χ3v) is 2.38. The maximum Gasteiger partial charge on any atom is 0.161 e. The highest BCUT2D eigenvalue weighted by atomic mass is 16.5. The fraction of sp³-hybridized carbons (Fsp3) is 0.273. The lowest BCUT2D eigenvalue weighted by atomic mass is 10.1. The molecule has 4 nitrogen and oxygen atoms in total. The lowest BCUT2D eigenvalue weighted by Crippen LogP contribution is -1.98. The Morgan fingerprint density at radius 2 is 1.93 bits per heavy atom. The molecule has 0 radical (unpaired) electrons. The molecule has 0 N–H and O–H groups in total. The molecule has 1 aromatic carbocycles. The van der Waals surface area contributed by atoms with Crippen molar-refractivity contribution in [1.82, 2.24) is 0 Å². The summed E-state index contributed by atoms with van der Waals surface area (Å²) in [7, 11) is 3.16. The number of ether oxygens (including phenoxy) is 2. The van der Waals surface area contributed by atoms with Gasteiger partial charge in [0.2, 0.25) is 0 Å². The van der Waals surface area contributed by atoms with Gasteiger partial charge in [0.1, 0.15) is 11.8 Å². The van der Waals surface area contributed by atoms with Gasteiger partial charge in [-0.3, -0.25) is 4.99 Å². The molecule has 0 spiro atoms. The van der Waals surface area contributed by atoms with Gasteiger partial charge >= 0.3 is 0 Å². The zero-order chi connectivity index (χ0) is 10.8. The molecular weight excluding hydrogens is 192 g/mol. The topological polar surface area (TPSA) is 54.6 Å². The minimum atomic E-state index is 0.464. The summed E-state index contributed by atoms with van der Waals surface area (Å²) in [6.07, 6.45) is 0. The molecule has 0 fully saturated rings. The maximum absolute atomic E-state index is 8.85. The first-order valence-electron chi connectivity index (χ1n) is 4.50. The largest absolute Gasteiger partial charge is 0.493 e. The molecule has 2 rings (SSSR count). The lowest BCUT2D eigenvalue weighted by molar-refractivity contribution is 0.354. The average Bonchev–Trinajstić information content (AvgIpc) is 2.68. The molecule has 15 heavy (non-hydrogen) atoms. The molecule has 0 saturated carbocycles. The van der Waals surface area contributed by atoms with E-state index in [1.165, 1.54) is 0 Å². The molecule has 0 saturated heterocycles. The molecule has 0 unspecified atom stereocenters. The van der Waals surface area contributed by atoms with E-state index >= 15 is 0 Å². The number of aliphatic imine (C=N–C) groups is 1. The van der Waals surface area contributed by atoms with Crippen molar-refractivity contribution >= 4 is 5.71 Å². The van der Waals surface area contributed by atoms with Crippen molar-refractivity contribution < 1.29 is 9.47 Å². The maximum atomic E-state index is 8.85. The highest BCUT2D eigenvalue weighted by Gasteiger charge is 2.19. The molecule has 0 atom stereocenters. The minimum Gasteiger partial charge on any atom is -0.493 e. The molecule has 0 bridgehead atoms. The molecule has 1 heterocycles. The second-order valence-electron chi connectivity index (χ2n) is 3.14. The normalized spacial score (nSPS) is 12.7. The van der Waals surface area contributed by atoms with Crippen molar-refractivity contribution in [3.8, 4) is 17.6 Å². The van der Waals surface area contributed by atoms with E-state index in [2.05, 4.69) is 11.1 Å². The molecule has 1 aromatic rings. The van der Waals surface area contributed by atoms with Gasteiger partial charge in [-0.1, -0.05) is 0 Å². The van der Waals surface area contributed by atoms with Crippen molar-refractivity contribution in [2.75, 3.05) is 14.2 Å². The number of nitriles is 1. The van der Waals surface area contributed by atoms with Crippen molar-refractivity contribution in [1.29, 1.82) is 5.26 Å². The predicted molar refractivity (Wildman–Crippen MR) is 55.4 cm³/mol. The Morgan fingerprint density at radius 1 is 1.27 bits per heavy atom. The Hall–Kier alpha value is -2.02. The van der Waals surface area contributed by atoms with E-state index in [0.29, 0.717) is 23.8 Å². The third kappa shape index (κ3) is 1.42. The average molecular weight is 202 g/mol. The van der Waals surface area contributed by atoms with Crippen LogP contribution >= 0.6 is 0 Å². The van der Waals surface area contributed by atoms with Gasteiger partial charge in [0, 0.05) is 5.56 Å². The first-order valence-corrected chi connectivity index (χ1v) is 4.50. The van der Waals surface area contributed by atoms with E-state index in [1.54, 1.807) is 20.3 Å². The lowest BCUT2D eigenvalue weighted by Gasteiger charge is -2.09. The standard InChI is InChI=1S/C11H10N2O2/c1-14-10-3-7-6-13-9(5-12)8(7)4-11(10)15-2/h3-4H,6H2,1-2H3. The summed E-state index contributed by atoms with van der Waals surface area (Å²) in [5.74, 6) is 1.30. The van der Waals surface area contributed by atoms with Crippen LogP contribution in [0.15, 0.2) is 17.1 Å². The number of fused-ring (bicyclic) bond motifs is 1. The van der Waals surface area contributed by atoms with Crippen LogP contribution in [-0.2, 0) is 6.54 Å². The highest BCUT2D eigenvalue weighted by molar-refractivity contribution is 6.14. The number of hydrogen-bond acceptors (Lipinski definition) is 4. The molecule has 0 aromatic heterocycles. The van der Waals surface area contributed by atoms with Gasteiger partial charge in [-0.15, -0.1) is 0 Å². The number of hydrogen-bond donors (Lipinski definition) is 0. The van der Waals surface area contributed by atoms with E-state index in [1.807, 2.05) is 6.07 Å². The minimum absolute atomic E-state index is 0.464. The number of benzene rings is 1. The number of nitrogens with zero attached hydrogens (tertiary/aromatic N) is 2. The molecule has 4 heteroatoms. The predicted octanol–water partition coefficient (Wildman–Crippen LogP) is 1.53. The third-order valence-electron chi connectivity index (χ3n) is 2.38. The summed E-state index contributed by atoms with van der Waals surface area (Å²) in [5.41, 5.74) is 2.31. The first-order chi connectivity index (χ1) is 7.30. The van der Waals surface area contributed by atoms with Gasteiger partial charge in [0.15, 0.2) is 11.5 Å². The molecule has 1 aliphatic rings. The van der Waals surface area contributed by atoms with Crippen molar-refractivity contribution in [3.05, 3.63) is 23.3 Å². The zero-order valence-corrected chi connectivity index (χ0v) is 8.57. The second-order valence-corrected chi connectivity index (χ2v) is 3.14. The summed E-state index contributed by atoms with van der Waals surface area (Å²) in [4.78, 5) is 4.12. The van der Waals surface area contributed by atoms with E-state index < -0.39 is 0 Å². The van der Waals surface area contributed by atoms with Crippen LogP contribution in [0.25, 0.3) is 0 Å². The van der Waals surface area contributed by atoms with Gasteiger partial charge in [-0.05, 0) is 17.7 Å².